The number of hydrogen-bond donors (Lipinski definition) is 1. The Balaban J connectivity index is 1.80. The Labute approximate surface area is 96.6 Å². The van der Waals surface area contributed by atoms with E-state index in [2.05, 4.69) is 11.8 Å². The van der Waals surface area contributed by atoms with Crippen LogP contribution in [0.4, 0.5) is 0 Å². The standard InChI is InChI=1S/C12H21NO3/c1-2-6-16-7-5-13-9-3-4-11(13)10(8-9)12(14)15/h9-11H,2-8H2,1H3,(H,14,15). The van der Waals surface area contributed by atoms with Gasteiger partial charge >= 0.3 is 5.97 Å². The second-order valence-electron chi connectivity index (χ2n) is 4.83. The lowest BCUT2D eigenvalue weighted by Crippen LogP contribution is -2.35. The molecule has 4 nitrogen and oxygen atoms in total. The molecule has 2 aliphatic rings. The third-order valence-electron chi connectivity index (χ3n) is 3.84. The van der Waals surface area contributed by atoms with Crippen molar-refractivity contribution >= 4 is 5.97 Å². The van der Waals surface area contributed by atoms with E-state index >= 15 is 0 Å². The normalized spacial score (nSPS) is 33.4. The number of carbonyl (C=O) groups is 1. The van der Waals surface area contributed by atoms with Gasteiger partial charge in [-0.3, -0.25) is 9.69 Å². The zero-order valence-electron chi connectivity index (χ0n) is 9.89. The van der Waals surface area contributed by atoms with Gasteiger partial charge in [-0.05, 0) is 25.7 Å². The third-order valence-corrected chi connectivity index (χ3v) is 3.84. The van der Waals surface area contributed by atoms with Crippen LogP contribution in [-0.4, -0.2) is 47.8 Å². The van der Waals surface area contributed by atoms with Crippen molar-refractivity contribution in [3.05, 3.63) is 0 Å². The molecule has 2 heterocycles. The smallest absolute Gasteiger partial charge is 0.308 e. The summed E-state index contributed by atoms with van der Waals surface area (Å²) in [6.45, 7) is 4.55. The molecule has 0 saturated carbocycles. The topological polar surface area (TPSA) is 49.8 Å². The SMILES string of the molecule is CCCOCCN1C2CCC1C(C(=O)O)C2. The lowest BCUT2D eigenvalue weighted by Gasteiger charge is -2.22. The van der Waals surface area contributed by atoms with Gasteiger partial charge in [0.25, 0.3) is 0 Å². The predicted molar refractivity (Wildman–Crippen MR) is 60.4 cm³/mol. The van der Waals surface area contributed by atoms with E-state index in [1.54, 1.807) is 0 Å². The van der Waals surface area contributed by atoms with E-state index in [0.717, 1.165) is 39.0 Å². The molecule has 2 bridgehead atoms. The first-order valence-corrected chi connectivity index (χ1v) is 6.30. The number of fused-ring (bicyclic) bond motifs is 2. The molecule has 0 aromatic heterocycles. The summed E-state index contributed by atoms with van der Waals surface area (Å²) in [6, 6.07) is 0.768. The van der Waals surface area contributed by atoms with Crippen LogP contribution >= 0.6 is 0 Å². The molecule has 0 aromatic rings. The minimum absolute atomic E-state index is 0.134. The van der Waals surface area contributed by atoms with Gasteiger partial charge in [-0.15, -0.1) is 0 Å². The molecule has 2 saturated heterocycles. The van der Waals surface area contributed by atoms with Gasteiger partial charge in [-0.2, -0.15) is 0 Å². The van der Waals surface area contributed by atoms with Crippen LogP contribution in [0.25, 0.3) is 0 Å². The van der Waals surface area contributed by atoms with Crippen molar-refractivity contribution in [1.82, 2.24) is 4.90 Å². The van der Waals surface area contributed by atoms with E-state index in [9.17, 15) is 4.79 Å². The Kier molecular flexibility index (Phi) is 3.82. The number of hydrogen-bond acceptors (Lipinski definition) is 3. The van der Waals surface area contributed by atoms with Crippen LogP contribution in [-0.2, 0) is 9.53 Å². The quantitative estimate of drug-likeness (QED) is 0.696. The average Bonchev–Trinajstić information content (AvgIpc) is 2.81. The van der Waals surface area contributed by atoms with E-state index in [4.69, 9.17) is 9.84 Å². The van der Waals surface area contributed by atoms with E-state index in [1.807, 2.05) is 0 Å². The van der Waals surface area contributed by atoms with Crippen molar-refractivity contribution < 1.29 is 14.6 Å². The van der Waals surface area contributed by atoms with Gasteiger partial charge < -0.3 is 9.84 Å². The maximum Gasteiger partial charge on any atom is 0.308 e. The van der Waals surface area contributed by atoms with Gasteiger partial charge in [0.2, 0.25) is 0 Å². The summed E-state index contributed by atoms with van der Waals surface area (Å²) in [5, 5.41) is 9.10. The predicted octanol–water partition coefficient (Wildman–Crippen LogP) is 1.35. The molecule has 0 spiro atoms. The molecule has 1 N–H and O–H groups in total. The second-order valence-corrected chi connectivity index (χ2v) is 4.83. The maximum atomic E-state index is 11.1. The first-order valence-electron chi connectivity index (χ1n) is 6.30. The highest BCUT2D eigenvalue weighted by Gasteiger charge is 2.48. The fourth-order valence-electron chi connectivity index (χ4n) is 3.13. The second kappa shape index (κ2) is 5.15. The fourth-order valence-corrected chi connectivity index (χ4v) is 3.13. The summed E-state index contributed by atoms with van der Waals surface area (Å²) in [5.41, 5.74) is 0. The van der Waals surface area contributed by atoms with E-state index in [0.29, 0.717) is 6.04 Å². The average molecular weight is 227 g/mol. The van der Waals surface area contributed by atoms with Crippen molar-refractivity contribution in [2.24, 2.45) is 5.92 Å². The Morgan fingerprint density at radius 2 is 2.25 bits per heavy atom. The minimum Gasteiger partial charge on any atom is -0.481 e. The first-order chi connectivity index (χ1) is 7.74. The van der Waals surface area contributed by atoms with Crippen molar-refractivity contribution in [3.8, 4) is 0 Å². The Bertz CT molecular complexity index is 257. The van der Waals surface area contributed by atoms with Crippen LogP contribution < -0.4 is 0 Å². The fraction of sp³-hybridized carbons (Fsp3) is 0.917. The van der Waals surface area contributed by atoms with Crippen LogP contribution in [0.15, 0.2) is 0 Å². The zero-order chi connectivity index (χ0) is 11.5. The number of ether oxygens (including phenoxy) is 1. The largest absolute Gasteiger partial charge is 0.481 e. The van der Waals surface area contributed by atoms with Crippen LogP contribution in [0, 0.1) is 5.92 Å². The Morgan fingerprint density at radius 3 is 2.88 bits per heavy atom. The molecule has 0 aliphatic carbocycles. The molecule has 0 aromatic carbocycles. The van der Waals surface area contributed by atoms with Gasteiger partial charge in [0, 0.05) is 25.2 Å². The Hall–Kier alpha value is -0.610. The Morgan fingerprint density at radius 1 is 1.44 bits per heavy atom. The highest BCUT2D eigenvalue weighted by atomic mass is 16.5. The molecule has 3 atom stereocenters. The molecule has 2 fully saturated rings. The molecule has 0 radical (unpaired) electrons. The van der Waals surface area contributed by atoms with Crippen molar-refractivity contribution in [2.45, 2.75) is 44.7 Å². The molecule has 2 aliphatic heterocycles. The molecule has 4 heteroatoms. The van der Waals surface area contributed by atoms with Crippen LogP contribution in [0.1, 0.15) is 32.6 Å². The molecular formula is C12H21NO3. The molecule has 2 rings (SSSR count). The highest BCUT2D eigenvalue weighted by molar-refractivity contribution is 5.71. The lowest BCUT2D eigenvalue weighted by atomic mass is 9.89. The van der Waals surface area contributed by atoms with Crippen molar-refractivity contribution in [2.75, 3.05) is 19.8 Å². The summed E-state index contributed by atoms with van der Waals surface area (Å²) in [7, 11) is 0. The number of carboxylic acid groups (broad SMARTS) is 1. The van der Waals surface area contributed by atoms with Gasteiger partial charge in [0.1, 0.15) is 0 Å². The summed E-state index contributed by atoms with van der Waals surface area (Å²) < 4.78 is 5.48. The highest BCUT2D eigenvalue weighted by Crippen LogP contribution is 2.41. The summed E-state index contributed by atoms with van der Waals surface area (Å²) >= 11 is 0. The molecular weight excluding hydrogens is 206 g/mol. The zero-order valence-corrected chi connectivity index (χ0v) is 9.89. The molecule has 3 unspecified atom stereocenters. The number of carboxylic acids is 1. The van der Waals surface area contributed by atoms with Gasteiger partial charge in [0.05, 0.1) is 12.5 Å². The molecule has 0 amide bonds. The van der Waals surface area contributed by atoms with Crippen LogP contribution in [0.3, 0.4) is 0 Å². The number of aliphatic carboxylic acids is 1. The first kappa shape index (κ1) is 11.9. The van der Waals surface area contributed by atoms with Crippen LogP contribution in [0.2, 0.25) is 0 Å². The van der Waals surface area contributed by atoms with Crippen LogP contribution in [0.5, 0.6) is 0 Å². The number of nitrogens with zero attached hydrogens (tertiary/aromatic N) is 1. The summed E-state index contributed by atoms with van der Waals surface area (Å²) in [6.07, 6.45) is 4.11. The number of rotatable bonds is 6. The summed E-state index contributed by atoms with van der Waals surface area (Å²) in [5.74, 6) is -0.753. The van der Waals surface area contributed by atoms with Crippen molar-refractivity contribution in [3.63, 3.8) is 0 Å². The van der Waals surface area contributed by atoms with Gasteiger partial charge in [0.15, 0.2) is 0 Å². The van der Waals surface area contributed by atoms with E-state index < -0.39 is 5.97 Å². The van der Waals surface area contributed by atoms with Gasteiger partial charge in [-0.1, -0.05) is 6.92 Å². The maximum absolute atomic E-state index is 11.1. The summed E-state index contributed by atoms with van der Waals surface area (Å²) in [4.78, 5) is 13.4. The third kappa shape index (κ3) is 2.23. The van der Waals surface area contributed by atoms with Gasteiger partial charge in [-0.25, -0.2) is 0 Å². The van der Waals surface area contributed by atoms with E-state index in [1.165, 1.54) is 6.42 Å². The molecule has 16 heavy (non-hydrogen) atoms. The lowest BCUT2D eigenvalue weighted by molar-refractivity contribution is -0.142. The van der Waals surface area contributed by atoms with E-state index in [-0.39, 0.29) is 12.0 Å². The minimum atomic E-state index is -0.619. The monoisotopic (exact) mass is 227 g/mol. The van der Waals surface area contributed by atoms with Crippen molar-refractivity contribution in [1.29, 1.82) is 0 Å². The molecule has 92 valence electrons.